The van der Waals surface area contributed by atoms with Crippen LogP contribution in [-0.4, -0.2) is 30.6 Å². The lowest BCUT2D eigenvalue weighted by molar-refractivity contribution is -0.142. The topological polar surface area (TPSA) is 106 Å². The van der Waals surface area contributed by atoms with Crippen LogP contribution >= 0.6 is 0 Å². The Bertz CT molecular complexity index is 1290. The van der Waals surface area contributed by atoms with Crippen LogP contribution in [-0.2, 0) is 37.4 Å². The van der Waals surface area contributed by atoms with Gasteiger partial charge in [0.15, 0.2) is 11.3 Å². The zero-order valence-electron chi connectivity index (χ0n) is 18.1. The molecule has 1 aliphatic carbocycles. The van der Waals surface area contributed by atoms with Crippen LogP contribution < -0.4 is 10.9 Å². The van der Waals surface area contributed by atoms with Gasteiger partial charge in [-0.05, 0) is 51.2 Å². The van der Waals surface area contributed by atoms with Crippen molar-refractivity contribution in [3.8, 4) is 0 Å². The molecular formula is C21H23F3N6O2. The van der Waals surface area contributed by atoms with E-state index in [0.29, 0.717) is 40.0 Å². The Labute approximate surface area is 181 Å². The molecule has 0 bridgehead atoms. The van der Waals surface area contributed by atoms with Crippen molar-refractivity contribution >= 4 is 16.9 Å². The molecule has 1 aliphatic rings. The molecule has 0 radical (unpaired) electrons. The third-order valence-corrected chi connectivity index (χ3v) is 6.04. The maximum absolute atomic E-state index is 13.5. The summed E-state index contributed by atoms with van der Waals surface area (Å²) in [5.41, 5.74) is 1.77. The van der Waals surface area contributed by atoms with E-state index in [9.17, 15) is 22.8 Å². The van der Waals surface area contributed by atoms with Crippen LogP contribution in [0.15, 0.2) is 4.79 Å². The molecule has 0 unspecified atom stereocenters. The highest BCUT2D eigenvalue weighted by Gasteiger charge is 2.39. The fourth-order valence-electron chi connectivity index (χ4n) is 4.42. The number of hydrogen-bond donors (Lipinski definition) is 2. The number of H-pyrrole nitrogens is 1. The van der Waals surface area contributed by atoms with Crippen molar-refractivity contribution in [2.75, 3.05) is 0 Å². The van der Waals surface area contributed by atoms with E-state index in [1.807, 2.05) is 0 Å². The van der Waals surface area contributed by atoms with Crippen LogP contribution in [0.25, 0.3) is 11.0 Å². The van der Waals surface area contributed by atoms with Crippen LogP contribution in [0, 0.1) is 26.7 Å². The number of aromatic amines is 1. The van der Waals surface area contributed by atoms with E-state index in [1.54, 1.807) is 25.6 Å². The maximum Gasteiger partial charge on any atom is 0.433 e. The van der Waals surface area contributed by atoms with Crippen molar-refractivity contribution in [2.45, 2.75) is 52.8 Å². The predicted octanol–water partition coefficient (Wildman–Crippen LogP) is 2.42. The summed E-state index contributed by atoms with van der Waals surface area (Å²) in [4.78, 5) is 37.3. The van der Waals surface area contributed by atoms with Gasteiger partial charge in [0.2, 0.25) is 5.91 Å². The Morgan fingerprint density at radius 2 is 1.94 bits per heavy atom. The maximum atomic E-state index is 13.5. The first-order chi connectivity index (χ1) is 15.0. The Kier molecular flexibility index (Phi) is 5.30. The summed E-state index contributed by atoms with van der Waals surface area (Å²) < 4.78 is 42.0. The highest BCUT2D eigenvalue weighted by atomic mass is 19.4. The average molecular weight is 448 g/mol. The van der Waals surface area contributed by atoms with Crippen molar-refractivity contribution in [1.82, 2.24) is 30.0 Å². The summed E-state index contributed by atoms with van der Waals surface area (Å²) in [6.07, 6.45) is -3.98. The Hall–Kier alpha value is -3.24. The molecule has 170 valence electrons. The zero-order chi connectivity index (χ0) is 23.4. The van der Waals surface area contributed by atoms with Gasteiger partial charge in [0.25, 0.3) is 5.56 Å². The summed E-state index contributed by atoms with van der Waals surface area (Å²) in [7, 11) is 1.69. The number of nitrogens with zero attached hydrogens (tertiary/aromatic N) is 4. The van der Waals surface area contributed by atoms with E-state index >= 15 is 0 Å². The number of alkyl halides is 3. The third kappa shape index (κ3) is 3.76. The number of amides is 1. The molecule has 1 atom stereocenters. The van der Waals surface area contributed by atoms with Crippen LogP contribution in [0.1, 0.15) is 46.0 Å². The highest BCUT2D eigenvalue weighted by molar-refractivity contribution is 5.81. The minimum absolute atomic E-state index is 0.000710. The van der Waals surface area contributed by atoms with Gasteiger partial charge in [0.1, 0.15) is 5.82 Å². The summed E-state index contributed by atoms with van der Waals surface area (Å²) >= 11 is 0. The molecule has 1 amide bonds. The lowest BCUT2D eigenvalue weighted by atomic mass is 9.85. The SMILES string of the molecule is Cc1nc2c(c(C(F)(F)F)n1)C[C@H](C(=O)NCc1c(C)nc3c(c1C)c(=O)[nH]n3C)CC2. The summed E-state index contributed by atoms with van der Waals surface area (Å²) in [6, 6.07) is 0. The number of carbonyl (C=O) groups excluding carboxylic acids is 1. The molecule has 3 aromatic heterocycles. The fraction of sp³-hybridized carbons (Fsp3) is 0.476. The molecule has 11 heteroatoms. The molecule has 2 N–H and O–H groups in total. The van der Waals surface area contributed by atoms with Crippen LogP contribution in [0.2, 0.25) is 0 Å². The molecular weight excluding hydrogens is 425 g/mol. The first kappa shape index (κ1) is 22.0. The number of aromatic nitrogens is 5. The van der Waals surface area contributed by atoms with E-state index < -0.39 is 17.8 Å². The first-order valence-electron chi connectivity index (χ1n) is 10.2. The third-order valence-electron chi connectivity index (χ3n) is 6.04. The lowest BCUT2D eigenvalue weighted by Gasteiger charge is -2.26. The van der Waals surface area contributed by atoms with Crippen LogP contribution in [0.3, 0.4) is 0 Å². The number of carbonyl (C=O) groups is 1. The van der Waals surface area contributed by atoms with Gasteiger partial charge < -0.3 is 5.32 Å². The number of halogens is 3. The highest BCUT2D eigenvalue weighted by Crippen LogP contribution is 2.36. The van der Waals surface area contributed by atoms with E-state index in [-0.39, 0.29) is 42.2 Å². The number of hydrogen-bond acceptors (Lipinski definition) is 5. The minimum atomic E-state index is -4.60. The first-order valence-corrected chi connectivity index (χ1v) is 10.2. The van der Waals surface area contributed by atoms with Gasteiger partial charge in [-0.3, -0.25) is 19.4 Å². The van der Waals surface area contributed by atoms with Crippen LogP contribution in [0.4, 0.5) is 13.2 Å². The van der Waals surface area contributed by atoms with Gasteiger partial charge in [0.05, 0.1) is 5.39 Å². The second kappa shape index (κ2) is 7.72. The second-order valence-electron chi connectivity index (χ2n) is 8.20. The standard InChI is InChI=1S/C21H23F3N6O2/c1-9-14(10(2)26-18-16(9)20(32)29-30(18)4)8-25-19(31)12-5-6-15-13(7-12)17(21(22,23)24)28-11(3)27-15/h12H,5-8H2,1-4H3,(H,25,31)(H,29,32)/t12-/m1/s1. The van der Waals surface area contributed by atoms with E-state index in [1.165, 1.54) is 6.92 Å². The number of fused-ring (bicyclic) bond motifs is 2. The molecule has 8 nitrogen and oxygen atoms in total. The van der Waals surface area contributed by atoms with Gasteiger partial charge >= 0.3 is 6.18 Å². The van der Waals surface area contributed by atoms with Crippen molar-refractivity contribution in [3.63, 3.8) is 0 Å². The van der Waals surface area contributed by atoms with E-state index in [4.69, 9.17) is 0 Å². The minimum Gasteiger partial charge on any atom is -0.352 e. The average Bonchev–Trinajstić information content (AvgIpc) is 2.99. The lowest BCUT2D eigenvalue weighted by Crippen LogP contribution is -2.35. The van der Waals surface area contributed by atoms with Crippen molar-refractivity contribution in [3.05, 3.63) is 50.0 Å². The fourth-order valence-corrected chi connectivity index (χ4v) is 4.42. The number of nitrogens with one attached hydrogen (secondary N) is 2. The normalized spacial score (nSPS) is 16.3. The predicted molar refractivity (Wildman–Crippen MR) is 110 cm³/mol. The summed E-state index contributed by atoms with van der Waals surface area (Å²) in [5, 5.41) is 5.94. The molecule has 0 fully saturated rings. The van der Waals surface area contributed by atoms with Gasteiger partial charge in [-0.15, -0.1) is 0 Å². The Balaban J connectivity index is 1.56. The second-order valence-corrected chi connectivity index (χ2v) is 8.20. The molecule has 3 heterocycles. The largest absolute Gasteiger partial charge is 0.433 e. The van der Waals surface area contributed by atoms with Gasteiger partial charge in [-0.25, -0.2) is 15.0 Å². The van der Waals surface area contributed by atoms with Crippen molar-refractivity contribution < 1.29 is 18.0 Å². The van der Waals surface area contributed by atoms with Crippen LogP contribution in [0.5, 0.6) is 0 Å². The summed E-state index contributed by atoms with van der Waals surface area (Å²) in [5.74, 6) is -0.888. The van der Waals surface area contributed by atoms with Gasteiger partial charge in [0, 0.05) is 36.5 Å². The molecule has 0 spiro atoms. The molecule has 0 saturated carbocycles. The number of pyridine rings is 1. The van der Waals surface area contributed by atoms with Gasteiger partial charge in [-0.2, -0.15) is 13.2 Å². The zero-order valence-corrected chi connectivity index (χ0v) is 18.1. The van der Waals surface area contributed by atoms with Crippen molar-refractivity contribution in [2.24, 2.45) is 13.0 Å². The summed E-state index contributed by atoms with van der Waals surface area (Å²) in [6.45, 7) is 5.15. The molecule has 4 rings (SSSR count). The smallest absolute Gasteiger partial charge is 0.352 e. The molecule has 32 heavy (non-hydrogen) atoms. The van der Waals surface area contributed by atoms with E-state index in [2.05, 4.69) is 25.4 Å². The number of rotatable bonds is 3. The molecule has 0 aromatic carbocycles. The monoisotopic (exact) mass is 448 g/mol. The van der Waals surface area contributed by atoms with E-state index in [0.717, 1.165) is 0 Å². The molecule has 3 aromatic rings. The molecule has 0 saturated heterocycles. The quantitative estimate of drug-likeness (QED) is 0.640. The Morgan fingerprint density at radius 1 is 1.22 bits per heavy atom. The van der Waals surface area contributed by atoms with Crippen molar-refractivity contribution in [1.29, 1.82) is 0 Å². The number of aryl methyl sites for hydroxylation is 5. The Morgan fingerprint density at radius 3 is 2.62 bits per heavy atom. The molecule has 0 aliphatic heterocycles. The van der Waals surface area contributed by atoms with Gasteiger partial charge in [-0.1, -0.05) is 0 Å².